The quantitative estimate of drug-likeness (QED) is 0.772. The molecule has 0 atom stereocenters. The molecule has 1 aromatic heterocycles. The van der Waals surface area contributed by atoms with Gasteiger partial charge in [-0.3, -0.25) is 9.48 Å². The maximum atomic E-state index is 12.0. The fourth-order valence-electron chi connectivity index (χ4n) is 2.09. The lowest BCUT2D eigenvalue weighted by Crippen LogP contribution is -2.20. The van der Waals surface area contributed by atoms with Gasteiger partial charge >= 0.3 is 0 Å². The standard InChI is InChI=1S/C15H20N4O2/c1-10-15(16)11(2)19(18-10)9-14(21)17-13-5-3-12(4-6-13)7-8-20/h3-6,20H,7-9,16H2,1-2H3,(H,17,21). The van der Waals surface area contributed by atoms with Crippen LogP contribution in [-0.2, 0) is 17.8 Å². The monoisotopic (exact) mass is 288 g/mol. The molecule has 6 heteroatoms. The Bertz CT molecular complexity index is 632. The number of nitrogen functional groups attached to an aromatic ring is 1. The predicted molar refractivity (Wildman–Crippen MR) is 82.0 cm³/mol. The van der Waals surface area contributed by atoms with Gasteiger partial charge in [-0.15, -0.1) is 0 Å². The van der Waals surface area contributed by atoms with Gasteiger partial charge in [0.2, 0.25) is 5.91 Å². The molecule has 0 aliphatic carbocycles. The average Bonchev–Trinajstić information content (AvgIpc) is 2.69. The van der Waals surface area contributed by atoms with Crippen molar-refractivity contribution < 1.29 is 9.90 Å². The van der Waals surface area contributed by atoms with Crippen molar-refractivity contribution in [2.24, 2.45) is 0 Å². The summed E-state index contributed by atoms with van der Waals surface area (Å²) >= 11 is 0. The van der Waals surface area contributed by atoms with Crippen molar-refractivity contribution in [1.29, 1.82) is 0 Å². The van der Waals surface area contributed by atoms with Gasteiger partial charge in [-0.25, -0.2) is 0 Å². The number of benzene rings is 1. The van der Waals surface area contributed by atoms with E-state index in [0.717, 1.165) is 22.6 Å². The van der Waals surface area contributed by atoms with Gasteiger partial charge in [-0.05, 0) is 38.0 Å². The van der Waals surface area contributed by atoms with Gasteiger partial charge in [0.1, 0.15) is 6.54 Å². The molecule has 0 saturated carbocycles. The first-order valence-electron chi connectivity index (χ1n) is 6.80. The van der Waals surface area contributed by atoms with E-state index in [0.29, 0.717) is 12.1 Å². The van der Waals surface area contributed by atoms with Crippen molar-refractivity contribution in [3.8, 4) is 0 Å². The molecule has 4 N–H and O–H groups in total. The highest BCUT2D eigenvalue weighted by molar-refractivity contribution is 5.90. The summed E-state index contributed by atoms with van der Waals surface area (Å²) in [5.41, 5.74) is 9.73. The summed E-state index contributed by atoms with van der Waals surface area (Å²) in [7, 11) is 0. The summed E-state index contributed by atoms with van der Waals surface area (Å²) < 4.78 is 1.60. The molecule has 0 radical (unpaired) electrons. The van der Waals surface area contributed by atoms with E-state index < -0.39 is 0 Å². The molecule has 0 aliphatic heterocycles. The Morgan fingerprint density at radius 1 is 1.33 bits per heavy atom. The van der Waals surface area contributed by atoms with E-state index in [1.807, 2.05) is 38.1 Å². The Hall–Kier alpha value is -2.34. The zero-order chi connectivity index (χ0) is 15.4. The number of hydrogen-bond donors (Lipinski definition) is 3. The summed E-state index contributed by atoms with van der Waals surface area (Å²) in [4.78, 5) is 12.0. The van der Waals surface area contributed by atoms with Crippen LogP contribution >= 0.6 is 0 Å². The van der Waals surface area contributed by atoms with Gasteiger partial charge in [0.25, 0.3) is 0 Å². The fraction of sp³-hybridized carbons (Fsp3) is 0.333. The first-order chi connectivity index (χ1) is 10.0. The fourth-order valence-corrected chi connectivity index (χ4v) is 2.09. The third-order valence-electron chi connectivity index (χ3n) is 3.37. The molecule has 0 aliphatic rings. The molecule has 0 unspecified atom stereocenters. The van der Waals surface area contributed by atoms with Crippen LogP contribution in [0.4, 0.5) is 11.4 Å². The van der Waals surface area contributed by atoms with Crippen molar-refractivity contribution >= 4 is 17.3 Å². The van der Waals surface area contributed by atoms with Gasteiger partial charge < -0.3 is 16.2 Å². The second-order valence-corrected chi connectivity index (χ2v) is 4.96. The lowest BCUT2D eigenvalue weighted by Gasteiger charge is -2.07. The maximum absolute atomic E-state index is 12.0. The van der Waals surface area contributed by atoms with E-state index in [-0.39, 0.29) is 19.1 Å². The lowest BCUT2D eigenvalue weighted by atomic mass is 10.1. The molecule has 2 rings (SSSR count). The Balaban J connectivity index is 1.99. The van der Waals surface area contributed by atoms with Crippen LogP contribution in [0.5, 0.6) is 0 Å². The molecule has 1 aromatic carbocycles. The van der Waals surface area contributed by atoms with Crippen LogP contribution in [0.2, 0.25) is 0 Å². The summed E-state index contributed by atoms with van der Waals surface area (Å²) in [6.07, 6.45) is 0.610. The molecular formula is C15H20N4O2. The number of aliphatic hydroxyl groups excluding tert-OH is 1. The molecule has 112 valence electrons. The summed E-state index contributed by atoms with van der Waals surface area (Å²) in [6, 6.07) is 7.40. The van der Waals surface area contributed by atoms with Crippen LogP contribution in [0.3, 0.4) is 0 Å². The van der Waals surface area contributed by atoms with Crippen LogP contribution in [0, 0.1) is 13.8 Å². The molecule has 1 heterocycles. The van der Waals surface area contributed by atoms with Crippen molar-refractivity contribution in [2.75, 3.05) is 17.7 Å². The van der Waals surface area contributed by atoms with E-state index in [9.17, 15) is 4.79 Å². The highest BCUT2D eigenvalue weighted by atomic mass is 16.3. The first kappa shape index (κ1) is 15.1. The summed E-state index contributed by atoms with van der Waals surface area (Å²) in [6.45, 7) is 3.90. The number of carbonyl (C=O) groups is 1. The van der Waals surface area contributed by atoms with Gasteiger partial charge in [0, 0.05) is 12.3 Å². The average molecular weight is 288 g/mol. The minimum Gasteiger partial charge on any atom is -0.396 e. The number of nitrogens with two attached hydrogens (primary N) is 1. The third kappa shape index (κ3) is 3.61. The van der Waals surface area contributed by atoms with E-state index in [4.69, 9.17) is 10.8 Å². The van der Waals surface area contributed by atoms with Crippen molar-refractivity contribution in [2.45, 2.75) is 26.8 Å². The number of hydrogen-bond acceptors (Lipinski definition) is 4. The van der Waals surface area contributed by atoms with Crippen LogP contribution in [-0.4, -0.2) is 27.4 Å². The minimum absolute atomic E-state index is 0.116. The molecule has 0 saturated heterocycles. The second-order valence-electron chi connectivity index (χ2n) is 4.96. The van der Waals surface area contributed by atoms with Crippen molar-refractivity contribution in [1.82, 2.24) is 9.78 Å². The smallest absolute Gasteiger partial charge is 0.246 e. The third-order valence-corrected chi connectivity index (χ3v) is 3.37. The molecule has 6 nitrogen and oxygen atoms in total. The molecule has 0 spiro atoms. The Morgan fingerprint density at radius 3 is 2.52 bits per heavy atom. The van der Waals surface area contributed by atoms with Gasteiger partial charge in [0.05, 0.1) is 17.1 Å². The molecule has 1 amide bonds. The zero-order valence-electron chi connectivity index (χ0n) is 12.3. The highest BCUT2D eigenvalue weighted by Gasteiger charge is 2.11. The number of aromatic nitrogens is 2. The first-order valence-corrected chi connectivity index (χ1v) is 6.80. The van der Waals surface area contributed by atoms with Gasteiger partial charge in [-0.2, -0.15) is 5.10 Å². The molecule has 21 heavy (non-hydrogen) atoms. The number of nitrogens with one attached hydrogen (secondary N) is 1. The topological polar surface area (TPSA) is 93.2 Å². The Morgan fingerprint density at radius 2 is 2.00 bits per heavy atom. The van der Waals surface area contributed by atoms with Crippen molar-refractivity contribution in [3.63, 3.8) is 0 Å². The molecule has 2 aromatic rings. The van der Waals surface area contributed by atoms with E-state index in [1.54, 1.807) is 4.68 Å². The van der Waals surface area contributed by atoms with E-state index in [2.05, 4.69) is 10.4 Å². The number of nitrogens with zero attached hydrogens (tertiary/aromatic N) is 2. The normalized spacial score (nSPS) is 10.6. The minimum atomic E-state index is -0.157. The van der Waals surface area contributed by atoms with Crippen LogP contribution < -0.4 is 11.1 Å². The van der Waals surface area contributed by atoms with Crippen LogP contribution in [0.1, 0.15) is 17.0 Å². The number of rotatable bonds is 5. The lowest BCUT2D eigenvalue weighted by molar-refractivity contribution is -0.116. The number of amides is 1. The summed E-state index contributed by atoms with van der Waals surface area (Å²) in [5, 5.41) is 15.9. The highest BCUT2D eigenvalue weighted by Crippen LogP contribution is 2.15. The SMILES string of the molecule is Cc1nn(CC(=O)Nc2ccc(CCO)cc2)c(C)c1N. The van der Waals surface area contributed by atoms with E-state index >= 15 is 0 Å². The summed E-state index contributed by atoms with van der Waals surface area (Å²) in [5.74, 6) is -0.157. The molecule has 0 fully saturated rings. The zero-order valence-corrected chi connectivity index (χ0v) is 12.3. The Kier molecular flexibility index (Phi) is 4.59. The van der Waals surface area contributed by atoms with E-state index in [1.165, 1.54) is 0 Å². The number of aryl methyl sites for hydroxylation is 1. The number of anilines is 2. The maximum Gasteiger partial charge on any atom is 0.246 e. The van der Waals surface area contributed by atoms with Crippen molar-refractivity contribution in [3.05, 3.63) is 41.2 Å². The molecule has 0 bridgehead atoms. The van der Waals surface area contributed by atoms with Crippen LogP contribution in [0.15, 0.2) is 24.3 Å². The largest absolute Gasteiger partial charge is 0.396 e. The van der Waals surface area contributed by atoms with Gasteiger partial charge in [-0.1, -0.05) is 12.1 Å². The Labute approximate surface area is 123 Å². The van der Waals surface area contributed by atoms with Crippen LogP contribution in [0.25, 0.3) is 0 Å². The number of aliphatic hydroxyl groups is 1. The second kappa shape index (κ2) is 6.41. The predicted octanol–water partition coefficient (Wildman–Crippen LogP) is 1.26. The van der Waals surface area contributed by atoms with Gasteiger partial charge in [0.15, 0.2) is 0 Å². The number of carbonyl (C=O) groups excluding carboxylic acids is 1. The molecular weight excluding hydrogens is 268 g/mol.